The van der Waals surface area contributed by atoms with Crippen LogP contribution in [0.5, 0.6) is 5.75 Å². The highest BCUT2D eigenvalue weighted by atomic mass is 19.4. The van der Waals surface area contributed by atoms with Crippen molar-refractivity contribution in [3.05, 3.63) is 66.1 Å². The van der Waals surface area contributed by atoms with E-state index in [4.69, 9.17) is 0 Å². The zero-order valence-corrected chi connectivity index (χ0v) is 19.2. The number of rotatable bonds is 6. The minimum atomic E-state index is -4.74. The molecule has 1 unspecified atom stereocenters. The topological polar surface area (TPSA) is 96.5 Å². The number of aliphatic hydroxyl groups is 2. The summed E-state index contributed by atoms with van der Waals surface area (Å²) >= 11 is 0. The first kappa shape index (κ1) is 24.8. The Hall–Kier alpha value is -3.84. The van der Waals surface area contributed by atoms with Gasteiger partial charge in [0.25, 0.3) is 0 Å². The average molecular weight is 521 g/mol. The van der Waals surface area contributed by atoms with Crippen molar-refractivity contribution in [2.45, 2.75) is 24.5 Å². The van der Waals surface area contributed by atoms with Crippen LogP contribution in [0.2, 0.25) is 0 Å². The quantitative estimate of drug-likeness (QED) is 0.373. The minimum Gasteiger partial charge on any atom is -0.434 e. The fraction of sp³-hybridized carbons (Fsp3) is 0.292. The van der Waals surface area contributed by atoms with E-state index in [-0.39, 0.29) is 17.3 Å². The Bertz CT molecular complexity index is 1440. The first-order valence-electron chi connectivity index (χ1n) is 11.0. The molecule has 1 atom stereocenters. The molecule has 194 valence electrons. The summed E-state index contributed by atoms with van der Waals surface area (Å²) in [6.07, 6.45) is -3.20. The molecular weight excluding hydrogens is 501 g/mol. The lowest BCUT2D eigenvalue weighted by Gasteiger charge is -2.46. The number of nitrogens with zero attached hydrogens (tertiary/aromatic N) is 5. The number of aromatic nitrogens is 4. The number of anilines is 1. The van der Waals surface area contributed by atoms with Crippen molar-refractivity contribution in [1.82, 2.24) is 19.7 Å². The first-order valence-corrected chi connectivity index (χ1v) is 11.0. The molecule has 5 rings (SSSR count). The molecule has 1 aliphatic rings. The van der Waals surface area contributed by atoms with Gasteiger partial charge in [-0.3, -0.25) is 4.68 Å². The van der Waals surface area contributed by atoms with E-state index >= 15 is 0 Å². The third-order valence-corrected chi connectivity index (χ3v) is 6.25. The van der Waals surface area contributed by atoms with Gasteiger partial charge in [-0.1, -0.05) is 24.3 Å². The number of para-hydroxylation sites is 1. The third-order valence-electron chi connectivity index (χ3n) is 6.25. The van der Waals surface area contributed by atoms with Crippen molar-refractivity contribution in [3.8, 4) is 16.9 Å². The summed E-state index contributed by atoms with van der Waals surface area (Å²) in [4.78, 5) is 9.48. The van der Waals surface area contributed by atoms with Gasteiger partial charge in [0.15, 0.2) is 5.60 Å². The van der Waals surface area contributed by atoms with Crippen molar-refractivity contribution in [2.24, 2.45) is 7.05 Å². The lowest BCUT2D eigenvalue weighted by atomic mass is 9.94. The number of ether oxygens (including phenoxy) is 1. The molecule has 0 spiro atoms. The summed E-state index contributed by atoms with van der Waals surface area (Å²) in [7, 11) is 1.61. The largest absolute Gasteiger partial charge is 0.434 e. The Morgan fingerprint density at radius 3 is 2.35 bits per heavy atom. The zero-order valence-electron chi connectivity index (χ0n) is 19.2. The highest BCUT2D eigenvalue weighted by molar-refractivity contribution is 5.87. The SMILES string of the molecule is Cn1nc2ccc(-c3cnc(N4CC(O)(C(F)(F)F)C4)nc3)cc2c1C(O)c1ccccc1OC(F)F. The summed E-state index contributed by atoms with van der Waals surface area (Å²) < 4.78 is 70.4. The van der Waals surface area contributed by atoms with E-state index in [1.54, 1.807) is 31.3 Å². The molecule has 3 heterocycles. The second kappa shape index (κ2) is 8.92. The van der Waals surface area contributed by atoms with Gasteiger partial charge >= 0.3 is 12.8 Å². The maximum absolute atomic E-state index is 12.9. The second-order valence-corrected chi connectivity index (χ2v) is 8.72. The monoisotopic (exact) mass is 521 g/mol. The van der Waals surface area contributed by atoms with E-state index < -0.39 is 37.6 Å². The number of halogens is 5. The predicted octanol–water partition coefficient (Wildman–Crippen LogP) is 3.83. The molecule has 0 radical (unpaired) electrons. The summed E-state index contributed by atoms with van der Waals surface area (Å²) in [5.41, 5.74) is -0.588. The first-order chi connectivity index (χ1) is 17.5. The van der Waals surface area contributed by atoms with E-state index in [1.165, 1.54) is 40.2 Å². The van der Waals surface area contributed by atoms with E-state index in [0.29, 0.717) is 27.7 Å². The van der Waals surface area contributed by atoms with Crippen LogP contribution >= 0.6 is 0 Å². The summed E-state index contributed by atoms with van der Waals surface area (Å²) in [5.74, 6) is -0.116. The highest BCUT2D eigenvalue weighted by Crippen LogP contribution is 2.39. The number of alkyl halides is 5. The van der Waals surface area contributed by atoms with Gasteiger partial charge in [-0.15, -0.1) is 0 Å². The molecule has 2 aromatic heterocycles. The van der Waals surface area contributed by atoms with Crippen molar-refractivity contribution in [2.75, 3.05) is 18.0 Å². The fourth-order valence-corrected chi connectivity index (χ4v) is 4.32. The van der Waals surface area contributed by atoms with Gasteiger partial charge in [0.2, 0.25) is 5.95 Å². The summed E-state index contributed by atoms with van der Waals surface area (Å²) in [5, 5.41) is 25.7. The van der Waals surface area contributed by atoms with Crippen molar-refractivity contribution in [1.29, 1.82) is 0 Å². The summed E-state index contributed by atoms with van der Waals surface area (Å²) in [6.45, 7) is -4.38. The number of β-amino-alcohol motifs (C(OH)–C–C–N with tert-alkyl or cyclic N) is 1. The maximum atomic E-state index is 12.9. The van der Waals surface area contributed by atoms with Crippen LogP contribution in [0.25, 0.3) is 22.0 Å². The molecule has 1 saturated heterocycles. The zero-order chi connectivity index (χ0) is 26.5. The molecule has 0 bridgehead atoms. The van der Waals surface area contributed by atoms with Gasteiger partial charge < -0.3 is 19.8 Å². The molecule has 2 N–H and O–H groups in total. The Kier molecular flexibility index (Phi) is 5.99. The molecule has 0 saturated carbocycles. The van der Waals surface area contributed by atoms with Crippen LogP contribution in [-0.2, 0) is 7.05 Å². The molecule has 2 aromatic carbocycles. The van der Waals surface area contributed by atoms with E-state index in [9.17, 15) is 32.2 Å². The molecule has 37 heavy (non-hydrogen) atoms. The second-order valence-electron chi connectivity index (χ2n) is 8.72. The Morgan fingerprint density at radius 1 is 1.03 bits per heavy atom. The van der Waals surface area contributed by atoms with Gasteiger partial charge in [-0.25, -0.2) is 9.97 Å². The van der Waals surface area contributed by atoms with Crippen LogP contribution in [-0.4, -0.2) is 61.4 Å². The Morgan fingerprint density at radius 2 is 1.70 bits per heavy atom. The van der Waals surface area contributed by atoms with Crippen LogP contribution in [0.3, 0.4) is 0 Å². The van der Waals surface area contributed by atoms with E-state index in [2.05, 4.69) is 19.8 Å². The van der Waals surface area contributed by atoms with Crippen molar-refractivity contribution >= 4 is 16.9 Å². The number of hydrogen-bond donors (Lipinski definition) is 2. The van der Waals surface area contributed by atoms with Crippen LogP contribution in [0.4, 0.5) is 27.9 Å². The summed E-state index contributed by atoms with van der Waals surface area (Å²) in [6, 6.07) is 11.1. The van der Waals surface area contributed by atoms with E-state index in [1.807, 2.05) is 0 Å². The molecule has 4 aromatic rings. The smallest absolute Gasteiger partial charge is 0.420 e. The fourth-order valence-electron chi connectivity index (χ4n) is 4.32. The Balaban J connectivity index is 1.44. The van der Waals surface area contributed by atoms with Gasteiger partial charge in [-0.2, -0.15) is 27.1 Å². The third kappa shape index (κ3) is 4.44. The number of benzene rings is 2. The number of aryl methyl sites for hydroxylation is 1. The van der Waals surface area contributed by atoms with Crippen LogP contribution in [0, 0.1) is 0 Å². The predicted molar refractivity (Wildman–Crippen MR) is 122 cm³/mol. The van der Waals surface area contributed by atoms with Crippen LogP contribution in [0.15, 0.2) is 54.9 Å². The standard InChI is InChI=1S/C24H20F5N5O3/c1-33-19(20(35)15-4-2-3-5-18(15)37-21(25)26)16-8-13(6-7-17(16)32-33)14-9-30-22(31-10-14)34-11-23(36,12-34)24(27,28)29/h2-10,20-21,35-36H,11-12H2,1H3. The molecule has 8 nitrogen and oxygen atoms in total. The molecule has 13 heteroatoms. The number of aliphatic hydroxyl groups excluding tert-OH is 1. The molecule has 0 amide bonds. The van der Waals surface area contributed by atoms with Gasteiger partial charge in [0.1, 0.15) is 11.9 Å². The average Bonchev–Trinajstić information content (AvgIpc) is 3.16. The lowest BCUT2D eigenvalue weighted by Crippen LogP contribution is -2.69. The number of fused-ring (bicyclic) bond motifs is 1. The van der Waals surface area contributed by atoms with E-state index in [0.717, 1.165) is 0 Å². The molecular formula is C24H20F5N5O3. The van der Waals surface area contributed by atoms with Crippen molar-refractivity contribution < 1.29 is 36.9 Å². The van der Waals surface area contributed by atoms with Crippen LogP contribution < -0.4 is 9.64 Å². The maximum Gasteiger partial charge on any atom is 0.420 e. The normalized spacial score (nSPS) is 16.2. The lowest BCUT2D eigenvalue weighted by molar-refractivity contribution is -0.267. The minimum absolute atomic E-state index is 0.0480. The van der Waals surface area contributed by atoms with Crippen molar-refractivity contribution in [3.63, 3.8) is 0 Å². The number of hydrogen-bond acceptors (Lipinski definition) is 7. The van der Waals surface area contributed by atoms with Crippen LogP contribution in [0.1, 0.15) is 17.4 Å². The molecule has 0 aliphatic carbocycles. The Labute approximate surface area is 206 Å². The molecule has 1 aliphatic heterocycles. The van der Waals surface area contributed by atoms with Gasteiger partial charge in [-0.05, 0) is 23.8 Å². The molecule has 1 fully saturated rings. The van der Waals surface area contributed by atoms with Gasteiger partial charge in [0.05, 0.1) is 24.3 Å². The highest BCUT2D eigenvalue weighted by Gasteiger charge is 2.61. The van der Waals surface area contributed by atoms with Gasteiger partial charge in [0, 0.05) is 36.0 Å².